The highest BCUT2D eigenvalue weighted by Gasteiger charge is 2.51. The quantitative estimate of drug-likeness (QED) is 0.720. The maximum atomic E-state index is 11.5. The molecule has 2 heterocycles. The van der Waals surface area contributed by atoms with Crippen LogP contribution in [0, 0.1) is 0 Å². The van der Waals surface area contributed by atoms with Crippen LogP contribution in [-0.4, -0.2) is 39.1 Å². The maximum Gasteiger partial charge on any atom is 0.352 e. The Morgan fingerprint density at radius 2 is 2.29 bits per heavy atom. The standard InChI is InChI=1S/C10H12N2O3S.ClH/c1-2-3-5-4-16-9-6(11)8(13)12(9)7(5)10(14)15;/h2-3,6,9H,4,11H2,1H3,(H,14,15);1H/b3-2+;/t6-,9?;/m1./s1. The second-order valence-corrected chi connectivity index (χ2v) is 4.72. The average Bonchev–Trinajstić information content (AvgIpc) is 2.27. The van der Waals surface area contributed by atoms with E-state index >= 15 is 0 Å². The number of fused-ring (bicyclic) bond motifs is 1. The number of hydrogen-bond acceptors (Lipinski definition) is 4. The predicted octanol–water partition coefficient (Wildman–Crippen LogP) is 0.565. The Kier molecular flexibility index (Phi) is 4.24. The molecule has 0 aromatic heterocycles. The molecule has 94 valence electrons. The number of carbonyl (C=O) groups is 2. The van der Waals surface area contributed by atoms with Crippen LogP contribution in [0.2, 0.25) is 0 Å². The van der Waals surface area contributed by atoms with E-state index in [0.717, 1.165) is 0 Å². The zero-order valence-electron chi connectivity index (χ0n) is 9.12. The minimum Gasteiger partial charge on any atom is -0.477 e. The number of hydrogen-bond donors (Lipinski definition) is 2. The van der Waals surface area contributed by atoms with Gasteiger partial charge in [0.05, 0.1) is 0 Å². The fraction of sp³-hybridized carbons (Fsp3) is 0.400. The van der Waals surface area contributed by atoms with Crippen LogP contribution in [0.3, 0.4) is 0 Å². The topological polar surface area (TPSA) is 83.6 Å². The van der Waals surface area contributed by atoms with Gasteiger partial charge in [0.15, 0.2) is 0 Å². The largest absolute Gasteiger partial charge is 0.477 e. The smallest absolute Gasteiger partial charge is 0.352 e. The van der Waals surface area contributed by atoms with Crippen molar-refractivity contribution in [3.05, 3.63) is 23.4 Å². The number of β-lactam (4-membered cyclic amide) rings is 1. The molecule has 0 aromatic carbocycles. The van der Waals surface area contributed by atoms with Crippen molar-refractivity contribution in [1.82, 2.24) is 4.90 Å². The first-order valence-corrected chi connectivity index (χ1v) is 5.92. The van der Waals surface area contributed by atoms with Crippen LogP contribution in [0.15, 0.2) is 23.4 Å². The lowest BCUT2D eigenvalue weighted by Gasteiger charge is -2.47. The molecule has 0 saturated carbocycles. The molecule has 3 N–H and O–H groups in total. The molecule has 2 rings (SSSR count). The van der Waals surface area contributed by atoms with Crippen LogP contribution in [0.1, 0.15) is 6.92 Å². The van der Waals surface area contributed by atoms with Gasteiger partial charge in [-0.3, -0.25) is 9.69 Å². The molecule has 2 atom stereocenters. The molecule has 7 heteroatoms. The van der Waals surface area contributed by atoms with Crippen LogP contribution in [0.5, 0.6) is 0 Å². The van der Waals surface area contributed by atoms with Gasteiger partial charge in [-0.25, -0.2) is 4.79 Å². The maximum absolute atomic E-state index is 11.5. The fourth-order valence-electron chi connectivity index (χ4n) is 1.87. The van der Waals surface area contributed by atoms with Crippen molar-refractivity contribution in [2.24, 2.45) is 5.73 Å². The fourth-order valence-corrected chi connectivity index (χ4v) is 3.13. The van der Waals surface area contributed by atoms with E-state index in [1.54, 1.807) is 12.2 Å². The van der Waals surface area contributed by atoms with Crippen LogP contribution in [0.25, 0.3) is 0 Å². The van der Waals surface area contributed by atoms with E-state index in [2.05, 4.69) is 0 Å². The molecule has 1 unspecified atom stereocenters. The molecule has 2 aliphatic rings. The molecule has 1 fully saturated rings. The van der Waals surface area contributed by atoms with Crippen molar-refractivity contribution in [2.45, 2.75) is 18.3 Å². The molecule has 0 radical (unpaired) electrons. The van der Waals surface area contributed by atoms with Gasteiger partial charge < -0.3 is 10.8 Å². The van der Waals surface area contributed by atoms with Crippen molar-refractivity contribution in [2.75, 3.05) is 5.75 Å². The van der Waals surface area contributed by atoms with Gasteiger partial charge in [-0.15, -0.1) is 24.2 Å². The summed E-state index contributed by atoms with van der Waals surface area (Å²) in [5.41, 5.74) is 6.35. The SMILES string of the molecule is C/C=C/C1=C(C(=O)O)N2C(=O)[C@@H](N)C2SC1.Cl. The van der Waals surface area contributed by atoms with E-state index in [-0.39, 0.29) is 29.4 Å². The number of rotatable bonds is 2. The Hall–Kier alpha value is -0.980. The summed E-state index contributed by atoms with van der Waals surface area (Å²) in [6.45, 7) is 1.81. The van der Waals surface area contributed by atoms with Crippen LogP contribution < -0.4 is 5.73 Å². The molecule has 5 nitrogen and oxygen atoms in total. The molecule has 1 saturated heterocycles. The Balaban J connectivity index is 0.00000144. The molecular weight excluding hydrogens is 264 g/mol. The van der Waals surface area contributed by atoms with Crippen LogP contribution in [-0.2, 0) is 9.59 Å². The Morgan fingerprint density at radius 3 is 2.82 bits per heavy atom. The normalized spacial score (nSPS) is 27.6. The van der Waals surface area contributed by atoms with Crippen molar-refractivity contribution in [3.63, 3.8) is 0 Å². The molecular formula is C10H13ClN2O3S. The number of nitrogens with zero attached hydrogens (tertiary/aromatic N) is 1. The predicted molar refractivity (Wildman–Crippen MR) is 67.8 cm³/mol. The number of thioether (sulfide) groups is 1. The average molecular weight is 277 g/mol. The summed E-state index contributed by atoms with van der Waals surface area (Å²) >= 11 is 1.50. The first-order valence-electron chi connectivity index (χ1n) is 4.87. The van der Waals surface area contributed by atoms with E-state index in [0.29, 0.717) is 11.3 Å². The number of carboxylic acids is 1. The first kappa shape index (κ1) is 14.1. The van der Waals surface area contributed by atoms with E-state index in [9.17, 15) is 9.59 Å². The summed E-state index contributed by atoms with van der Waals surface area (Å²) < 4.78 is 0. The lowest BCUT2D eigenvalue weighted by Crippen LogP contribution is -2.68. The van der Waals surface area contributed by atoms with Crippen LogP contribution in [0.4, 0.5) is 0 Å². The Bertz CT molecular complexity index is 422. The summed E-state index contributed by atoms with van der Waals surface area (Å²) in [4.78, 5) is 24.0. The zero-order valence-corrected chi connectivity index (χ0v) is 10.8. The number of allylic oxidation sites excluding steroid dienone is 2. The van der Waals surface area contributed by atoms with Crippen molar-refractivity contribution in [1.29, 1.82) is 0 Å². The molecule has 0 spiro atoms. The Labute approximate surface area is 109 Å². The molecule has 0 aliphatic carbocycles. The number of halogens is 1. The van der Waals surface area contributed by atoms with Crippen LogP contribution >= 0.6 is 24.2 Å². The number of nitrogens with two attached hydrogens (primary N) is 1. The third-order valence-corrected chi connectivity index (χ3v) is 3.93. The van der Waals surface area contributed by atoms with Crippen molar-refractivity contribution < 1.29 is 14.7 Å². The number of aliphatic carboxylic acids is 1. The molecule has 2 aliphatic heterocycles. The zero-order chi connectivity index (χ0) is 11.9. The molecule has 0 bridgehead atoms. The van der Waals surface area contributed by atoms with E-state index < -0.39 is 12.0 Å². The second-order valence-electron chi connectivity index (χ2n) is 3.61. The van der Waals surface area contributed by atoms with Crippen molar-refractivity contribution >= 4 is 36.0 Å². The third kappa shape index (κ3) is 2.08. The number of carboxylic acid groups (broad SMARTS) is 1. The monoisotopic (exact) mass is 276 g/mol. The number of carbonyl (C=O) groups excluding carboxylic acids is 1. The highest BCUT2D eigenvalue weighted by atomic mass is 35.5. The number of amides is 1. The second kappa shape index (κ2) is 5.12. The van der Waals surface area contributed by atoms with E-state index in [1.165, 1.54) is 16.7 Å². The lowest BCUT2D eigenvalue weighted by molar-refractivity contribution is -0.147. The van der Waals surface area contributed by atoms with Gasteiger partial charge >= 0.3 is 5.97 Å². The Morgan fingerprint density at radius 1 is 1.65 bits per heavy atom. The molecule has 17 heavy (non-hydrogen) atoms. The van der Waals surface area contributed by atoms with Gasteiger partial charge in [-0.1, -0.05) is 12.2 Å². The van der Waals surface area contributed by atoms with Gasteiger partial charge in [0, 0.05) is 5.75 Å². The molecule has 1 amide bonds. The minimum absolute atomic E-state index is 0. The summed E-state index contributed by atoms with van der Waals surface area (Å²) in [5, 5.41) is 8.91. The highest BCUT2D eigenvalue weighted by Crippen LogP contribution is 2.39. The summed E-state index contributed by atoms with van der Waals surface area (Å²) in [5.74, 6) is -0.802. The van der Waals surface area contributed by atoms with Gasteiger partial charge in [0.25, 0.3) is 0 Å². The summed E-state index contributed by atoms with van der Waals surface area (Å²) in [6.07, 6.45) is 3.49. The van der Waals surface area contributed by atoms with E-state index in [1.807, 2.05) is 6.92 Å². The molecule has 0 aromatic rings. The van der Waals surface area contributed by atoms with Gasteiger partial charge in [0.2, 0.25) is 5.91 Å². The summed E-state index contributed by atoms with van der Waals surface area (Å²) in [6, 6.07) is -0.563. The van der Waals surface area contributed by atoms with Crippen molar-refractivity contribution in [3.8, 4) is 0 Å². The third-order valence-electron chi connectivity index (χ3n) is 2.61. The van der Waals surface area contributed by atoms with Gasteiger partial charge in [0.1, 0.15) is 17.1 Å². The summed E-state index contributed by atoms with van der Waals surface area (Å²) in [7, 11) is 0. The van der Waals surface area contributed by atoms with E-state index in [4.69, 9.17) is 10.8 Å². The highest BCUT2D eigenvalue weighted by molar-refractivity contribution is 8.00. The van der Waals surface area contributed by atoms with Gasteiger partial charge in [-0.05, 0) is 12.5 Å². The first-order chi connectivity index (χ1) is 7.57. The van der Waals surface area contributed by atoms with Gasteiger partial charge in [-0.2, -0.15) is 0 Å². The minimum atomic E-state index is -1.07. The lowest BCUT2D eigenvalue weighted by atomic mass is 10.0.